The molecular formula is C23H27F2N5. The lowest BCUT2D eigenvalue weighted by Gasteiger charge is -2.19. The fourth-order valence-corrected chi connectivity index (χ4v) is 3.96. The minimum absolute atomic E-state index is 0.157. The second kappa shape index (κ2) is 8.60. The van der Waals surface area contributed by atoms with E-state index in [0.29, 0.717) is 17.6 Å². The average Bonchev–Trinajstić information content (AvgIpc) is 2.98. The highest BCUT2D eigenvalue weighted by Gasteiger charge is 2.38. The number of nitrogens with zero attached hydrogens (tertiary/aromatic N) is 4. The number of anilines is 1. The molecule has 2 unspecified atom stereocenters. The number of rotatable bonds is 5. The van der Waals surface area contributed by atoms with Gasteiger partial charge in [-0.15, -0.1) is 0 Å². The van der Waals surface area contributed by atoms with Gasteiger partial charge in [-0.1, -0.05) is 31.2 Å². The number of hydrogen-bond donors (Lipinski definition) is 1. The average molecular weight is 412 g/mol. The number of allylic oxidation sites excluding steroid dienone is 2. The SMILES string of the molecule is CCC1CCC=C(c2cccc(C(N)c3cc(N4CCC(F)(F)C4)ncn3)c2)C=N1. The third-order valence-electron chi connectivity index (χ3n) is 5.83. The zero-order valence-corrected chi connectivity index (χ0v) is 17.1. The van der Waals surface area contributed by atoms with Crippen LogP contribution in [-0.4, -0.2) is 41.2 Å². The van der Waals surface area contributed by atoms with E-state index in [0.717, 1.165) is 36.0 Å². The molecule has 3 heterocycles. The summed E-state index contributed by atoms with van der Waals surface area (Å²) in [6, 6.07) is 9.67. The van der Waals surface area contributed by atoms with Crippen molar-refractivity contribution in [2.24, 2.45) is 10.7 Å². The lowest BCUT2D eigenvalue weighted by Crippen LogP contribution is -2.26. The standard InChI is InChI=1S/C23H27F2N5/c1-2-19-8-4-7-18(13-27-19)16-5-3-6-17(11-16)22(26)20-12-21(29-15-28-20)30-10-9-23(24,25)14-30/h3,5-7,11-13,15,19,22H,2,4,8-10,14,26H2,1H3. The van der Waals surface area contributed by atoms with Gasteiger partial charge in [0.15, 0.2) is 0 Å². The highest BCUT2D eigenvalue weighted by Crippen LogP contribution is 2.31. The van der Waals surface area contributed by atoms with Gasteiger partial charge in [-0.05, 0) is 42.0 Å². The molecule has 1 aromatic carbocycles. The molecule has 0 bridgehead atoms. The maximum absolute atomic E-state index is 13.6. The molecule has 2 aliphatic heterocycles. The Morgan fingerprint density at radius 1 is 1.27 bits per heavy atom. The molecule has 158 valence electrons. The first-order valence-electron chi connectivity index (χ1n) is 10.5. The number of benzene rings is 1. The Balaban J connectivity index is 1.56. The minimum atomic E-state index is -2.67. The van der Waals surface area contributed by atoms with Crippen molar-refractivity contribution in [2.75, 3.05) is 18.0 Å². The van der Waals surface area contributed by atoms with Crippen LogP contribution in [0.2, 0.25) is 0 Å². The highest BCUT2D eigenvalue weighted by atomic mass is 19.3. The van der Waals surface area contributed by atoms with Gasteiger partial charge < -0.3 is 10.6 Å². The van der Waals surface area contributed by atoms with Crippen LogP contribution in [0.5, 0.6) is 0 Å². The smallest absolute Gasteiger partial charge is 0.266 e. The van der Waals surface area contributed by atoms with E-state index in [9.17, 15) is 8.78 Å². The van der Waals surface area contributed by atoms with Crippen LogP contribution in [-0.2, 0) is 0 Å². The Bertz CT molecular complexity index is 956. The molecule has 0 radical (unpaired) electrons. The molecule has 0 saturated carbocycles. The summed E-state index contributed by atoms with van der Waals surface area (Å²) in [6.45, 7) is 2.12. The summed E-state index contributed by atoms with van der Waals surface area (Å²) in [7, 11) is 0. The molecule has 1 saturated heterocycles. The summed E-state index contributed by atoms with van der Waals surface area (Å²) in [5.74, 6) is -2.18. The van der Waals surface area contributed by atoms with Crippen molar-refractivity contribution in [1.82, 2.24) is 9.97 Å². The van der Waals surface area contributed by atoms with Gasteiger partial charge in [0, 0.05) is 31.3 Å². The van der Waals surface area contributed by atoms with E-state index in [2.05, 4.69) is 40.1 Å². The van der Waals surface area contributed by atoms with Gasteiger partial charge in [0.05, 0.1) is 18.3 Å². The lowest BCUT2D eigenvalue weighted by molar-refractivity contribution is 0.0256. The normalized spacial score (nSPS) is 21.9. The van der Waals surface area contributed by atoms with Crippen LogP contribution in [0.3, 0.4) is 0 Å². The molecule has 30 heavy (non-hydrogen) atoms. The van der Waals surface area contributed by atoms with Crippen LogP contribution in [0.25, 0.3) is 5.57 Å². The third kappa shape index (κ3) is 4.56. The molecule has 0 amide bonds. The van der Waals surface area contributed by atoms with E-state index < -0.39 is 12.0 Å². The molecule has 1 fully saturated rings. The van der Waals surface area contributed by atoms with Crippen LogP contribution in [0.4, 0.5) is 14.6 Å². The highest BCUT2D eigenvalue weighted by molar-refractivity contribution is 6.10. The van der Waals surface area contributed by atoms with Gasteiger partial charge in [0.2, 0.25) is 0 Å². The predicted octanol–water partition coefficient (Wildman–Crippen LogP) is 4.40. The molecule has 7 heteroatoms. The minimum Gasteiger partial charge on any atom is -0.350 e. The molecule has 0 aliphatic carbocycles. The molecule has 2 aromatic rings. The summed E-state index contributed by atoms with van der Waals surface area (Å²) in [5, 5.41) is 0. The summed E-state index contributed by atoms with van der Waals surface area (Å²) in [5.41, 5.74) is 10.2. The Morgan fingerprint density at radius 2 is 2.13 bits per heavy atom. The van der Waals surface area contributed by atoms with Gasteiger partial charge in [0.1, 0.15) is 12.1 Å². The summed E-state index contributed by atoms with van der Waals surface area (Å²) in [4.78, 5) is 14.8. The van der Waals surface area contributed by atoms with Crippen molar-refractivity contribution in [3.8, 4) is 0 Å². The van der Waals surface area contributed by atoms with Crippen LogP contribution < -0.4 is 10.6 Å². The molecule has 4 rings (SSSR count). The number of hydrogen-bond acceptors (Lipinski definition) is 5. The molecule has 2 atom stereocenters. The summed E-state index contributed by atoms with van der Waals surface area (Å²) in [6.07, 6.45) is 8.53. The van der Waals surface area contributed by atoms with Crippen LogP contribution in [0.15, 0.2) is 47.7 Å². The largest absolute Gasteiger partial charge is 0.350 e. The van der Waals surface area contributed by atoms with Crippen molar-refractivity contribution in [2.45, 2.75) is 50.6 Å². The van der Waals surface area contributed by atoms with Crippen LogP contribution in [0, 0.1) is 0 Å². The zero-order chi connectivity index (χ0) is 21.1. The lowest BCUT2D eigenvalue weighted by atomic mass is 9.98. The van der Waals surface area contributed by atoms with Gasteiger partial charge >= 0.3 is 0 Å². The monoisotopic (exact) mass is 411 g/mol. The number of aliphatic imine (C=N–C) groups is 1. The Hall–Kier alpha value is -2.67. The second-order valence-corrected chi connectivity index (χ2v) is 8.01. The number of alkyl halides is 2. The Kier molecular flexibility index (Phi) is 5.90. The van der Waals surface area contributed by atoms with Crippen molar-refractivity contribution in [1.29, 1.82) is 0 Å². The zero-order valence-electron chi connectivity index (χ0n) is 17.1. The molecule has 2 N–H and O–H groups in total. The van der Waals surface area contributed by atoms with E-state index in [-0.39, 0.29) is 19.5 Å². The predicted molar refractivity (Wildman–Crippen MR) is 116 cm³/mol. The van der Waals surface area contributed by atoms with Crippen molar-refractivity contribution >= 4 is 17.6 Å². The fraction of sp³-hybridized carbons (Fsp3) is 0.435. The summed E-state index contributed by atoms with van der Waals surface area (Å²) >= 11 is 0. The van der Waals surface area contributed by atoms with Gasteiger partial charge in [-0.3, -0.25) is 4.99 Å². The molecule has 0 spiro atoms. The van der Waals surface area contributed by atoms with Crippen molar-refractivity contribution in [3.05, 3.63) is 59.6 Å². The Labute approximate surface area is 175 Å². The maximum atomic E-state index is 13.6. The third-order valence-corrected chi connectivity index (χ3v) is 5.83. The molecule has 1 aromatic heterocycles. The van der Waals surface area contributed by atoms with E-state index in [1.807, 2.05) is 18.3 Å². The number of nitrogens with two attached hydrogens (primary N) is 1. The fourth-order valence-electron chi connectivity index (χ4n) is 3.96. The first-order valence-corrected chi connectivity index (χ1v) is 10.5. The molecule has 5 nitrogen and oxygen atoms in total. The summed E-state index contributed by atoms with van der Waals surface area (Å²) < 4.78 is 27.2. The van der Waals surface area contributed by atoms with Gasteiger partial charge in [0.25, 0.3) is 5.92 Å². The Morgan fingerprint density at radius 3 is 2.90 bits per heavy atom. The van der Waals surface area contributed by atoms with Crippen molar-refractivity contribution < 1.29 is 8.78 Å². The van der Waals surface area contributed by atoms with E-state index in [1.165, 1.54) is 6.33 Å². The topological polar surface area (TPSA) is 67.4 Å². The first-order chi connectivity index (χ1) is 14.4. The van der Waals surface area contributed by atoms with Crippen LogP contribution in [0.1, 0.15) is 55.5 Å². The molecule has 2 aliphatic rings. The first kappa shape index (κ1) is 20.6. The van der Waals surface area contributed by atoms with Crippen LogP contribution >= 0.6 is 0 Å². The maximum Gasteiger partial charge on any atom is 0.266 e. The van der Waals surface area contributed by atoms with Crippen molar-refractivity contribution in [3.63, 3.8) is 0 Å². The van der Waals surface area contributed by atoms with E-state index >= 15 is 0 Å². The van der Waals surface area contributed by atoms with E-state index in [4.69, 9.17) is 5.73 Å². The van der Waals surface area contributed by atoms with Gasteiger partial charge in [-0.2, -0.15) is 0 Å². The van der Waals surface area contributed by atoms with Gasteiger partial charge in [-0.25, -0.2) is 18.7 Å². The quantitative estimate of drug-likeness (QED) is 0.792. The molecular weight excluding hydrogens is 384 g/mol. The second-order valence-electron chi connectivity index (χ2n) is 8.01. The van der Waals surface area contributed by atoms with E-state index in [1.54, 1.807) is 11.0 Å². The number of halogens is 2. The number of aromatic nitrogens is 2.